The molecule has 1 fully saturated rings. The molecule has 0 saturated carbocycles. The predicted molar refractivity (Wildman–Crippen MR) is 120 cm³/mol. The minimum absolute atomic E-state index is 0.0146. The number of benzene rings is 2. The molecule has 0 aliphatic carbocycles. The molecule has 2 aliphatic rings. The Labute approximate surface area is 184 Å². The summed E-state index contributed by atoms with van der Waals surface area (Å²) in [6, 6.07) is 15.4. The molecule has 154 valence electrons. The molecule has 1 saturated heterocycles. The largest absolute Gasteiger partial charge is 0.356 e. The highest BCUT2D eigenvalue weighted by molar-refractivity contribution is 9.10. The van der Waals surface area contributed by atoms with Gasteiger partial charge in [-0.1, -0.05) is 65.7 Å². The zero-order chi connectivity index (χ0) is 20.8. The topological polar surface area (TPSA) is 56.4 Å². The summed E-state index contributed by atoms with van der Waals surface area (Å²) in [5, 5.41) is 1.13. The summed E-state index contributed by atoms with van der Waals surface area (Å²) >= 11 is 3.68. The number of halogens is 1. The van der Waals surface area contributed by atoms with Gasteiger partial charge in [0.2, 0.25) is 11.8 Å². The van der Waals surface area contributed by atoms with Crippen LogP contribution in [0.15, 0.2) is 53.0 Å². The fourth-order valence-electron chi connectivity index (χ4n) is 4.88. The molecular formula is C24H24BrN3O2. The first-order valence-corrected chi connectivity index (χ1v) is 11.3. The summed E-state index contributed by atoms with van der Waals surface area (Å²) in [6.07, 6.45) is 2.46. The van der Waals surface area contributed by atoms with E-state index < -0.39 is 6.04 Å². The van der Waals surface area contributed by atoms with E-state index in [1.807, 2.05) is 41.3 Å². The van der Waals surface area contributed by atoms with Gasteiger partial charge in [-0.05, 0) is 29.7 Å². The number of hydrogen-bond acceptors (Lipinski definition) is 2. The summed E-state index contributed by atoms with van der Waals surface area (Å²) in [7, 11) is 0. The van der Waals surface area contributed by atoms with Gasteiger partial charge in [-0.3, -0.25) is 9.59 Å². The van der Waals surface area contributed by atoms with Crippen molar-refractivity contribution in [3.63, 3.8) is 0 Å². The van der Waals surface area contributed by atoms with E-state index in [1.165, 1.54) is 0 Å². The molecule has 0 radical (unpaired) electrons. The van der Waals surface area contributed by atoms with Gasteiger partial charge >= 0.3 is 0 Å². The third kappa shape index (κ3) is 2.97. The van der Waals surface area contributed by atoms with Crippen LogP contribution in [-0.4, -0.2) is 45.7 Å². The minimum atomic E-state index is -0.466. The number of rotatable bonds is 4. The minimum Gasteiger partial charge on any atom is -0.356 e. The highest BCUT2D eigenvalue weighted by Gasteiger charge is 2.48. The van der Waals surface area contributed by atoms with Crippen LogP contribution in [0.25, 0.3) is 10.9 Å². The second kappa shape index (κ2) is 7.58. The second-order valence-electron chi connectivity index (χ2n) is 8.12. The highest BCUT2D eigenvalue weighted by atomic mass is 79.9. The number of unbranched alkanes of at least 4 members (excludes halogenated alkanes) is 1. The first-order chi connectivity index (χ1) is 14.6. The van der Waals surface area contributed by atoms with Crippen LogP contribution in [0.1, 0.15) is 42.6 Å². The fourth-order valence-corrected chi connectivity index (χ4v) is 5.38. The van der Waals surface area contributed by atoms with Crippen molar-refractivity contribution in [2.24, 2.45) is 0 Å². The van der Waals surface area contributed by atoms with E-state index in [4.69, 9.17) is 0 Å². The highest BCUT2D eigenvalue weighted by Crippen LogP contribution is 2.44. The number of carbonyl (C=O) groups excluding carboxylic acids is 2. The molecule has 2 aliphatic heterocycles. The molecule has 5 nitrogen and oxygen atoms in total. The van der Waals surface area contributed by atoms with Crippen molar-refractivity contribution in [2.75, 3.05) is 13.1 Å². The van der Waals surface area contributed by atoms with Crippen molar-refractivity contribution in [1.29, 1.82) is 0 Å². The molecule has 1 aromatic heterocycles. The van der Waals surface area contributed by atoms with E-state index in [0.717, 1.165) is 45.0 Å². The number of piperazine rings is 1. The Morgan fingerprint density at radius 2 is 1.87 bits per heavy atom. The normalized spacial score (nSPS) is 21.1. The van der Waals surface area contributed by atoms with Gasteiger partial charge in [0, 0.05) is 34.0 Å². The molecule has 2 atom stereocenters. The summed E-state index contributed by atoms with van der Waals surface area (Å²) in [5.74, 6) is 0.0804. The van der Waals surface area contributed by atoms with Crippen molar-refractivity contribution >= 4 is 38.6 Å². The van der Waals surface area contributed by atoms with Gasteiger partial charge in [0.15, 0.2) is 0 Å². The Morgan fingerprint density at radius 3 is 2.67 bits per heavy atom. The van der Waals surface area contributed by atoms with E-state index in [1.54, 1.807) is 4.90 Å². The molecule has 3 aromatic rings. The molecule has 2 aromatic carbocycles. The van der Waals surface area contributed by atoms with Gasteiger partial charge in [-0.2, -0.15) is 0 Å². The molecular weight excluding hydrogens is 442 g/mol. The van der Waals surface area contributed by atoms with Crippen LogP contribution < -0.4 is 0 Å². The Hall–Kier alpha value is -2.60. The number of hydrogen-bond donors (Lipinski definition) is 1. The maximum Gasteiger partial charge on any atom is 0.246 e. The molecule has 0 unspecified atom stereocenters. The lowest BCUT2D eigenvalue weighted by molar-refractivity contribution is -0.158. The Kier molecular flexibility index (Phi) is 4.89. The Balaban J connectivity index is 1.68. The Morgan fingerprint density at radius 1 is 1.10 bits per heavy atom. The van der Waals surface area contributed by atoms with Gasteiger partial charge in [0.1, 0.15) is 6.04 Å². The van der Waals surface area contributed by atoms with Crippen LogP contribution in [-0.2, 0) is 16.0 Å². The molecule has 0 bridgehead atoms. The van der Waals surface area contributed by atoms with Crippen molar-refractivity contribution in [3.05, 3.63) is 69.8 Å². The van der Waals surface area contributed by atoms with Crippen LogP contribution in [0.5, 0.6) is 0 Å². The lowest BCUT2D eigenvalue weighted by atomic mass is 9.86. The second-order valence-corrected chi connectivity index (χ2v) is 8.98. The summed E-state index contributed by atoms with van der Waals surface area (Å²) in [4.78, 5) is 34.0. The maximum absolute atomic E-state index is 13.5. The van der Waals surface area contributed by atoms with E-state index in [9.17, 15) is 9.59 Å². The van der Waals surface area contributed by atoms with Crippen LogP contribution in [0.2, 0.25) is 0 Å². The van der Waals surface area contributed by atoms with Crippen LogP contribution >= 0.6 is 15.9 Å². The van der Waals surface area contributed by atoms with Crippen molar-refractivity contribution in [1.82, 2.24) is 14.8 Å². The number of amides is 2. The lowest BCUT2D eigenvalue weighted by Crippen LogP contribution is -2.63. The number of aromatic amines is 1. The Bertz CT molecular complexity index is 1140. The molecule has 1 N–H and O–H groups in total. The van der Waals surface area contributed by atoms with E-state index in [0.29, 0.717) is 13.0 Å². The number of fused-ring (bicyclic) bond motifs is 4. The quantitative estimate of drug-likeness (QED) is 0.619. The lowest BCUT2D eigenvalue weighted by Gasteiger charge is -2.47. The van der Waals surface area contributed by atoms with Gasteiger partial charge in [0.25, 0.3) is 0 Å². The van der Waals surface area contributed by atoms with E-state index in [2.05, 4.69) is 40.0 Å². The molecule has 5 rings (SSSR count). The molecule has 3 heterocycles. The maximum atomic E-state index is 13.5. The predicted octanol–water partition coefficient (Wildman–Crippen LogP) is 4.42. The van der Waals surface area contributed by atoms with E-state index >= 15 is 0 Å². The molecule has 30 heavy (non-hydrogen) atoms. The SMILES string of the molecule is CCCCN1CC(=O)N2[C@@H](c3ccccc3Br)c3[nH]c4ccccc4c3C[C@H]2C1=O. The van der Waals surface area contributed by atoms with Gasteiger partial charge in [-0.25, -0.2) is 0 Å². The first-order valence-electron chi connectivity index (χ1n) is 10.5. The zero-order valence-corrected chi connectivity index (χ0v) is 18.5. The van der Waals surface area contributed by atoms with Gasteiger partial charge < -0.3 is 14.8 Å². The summed E-state index contributed by atoms with van der Waals surface area (Å²) in [6.45, 7) is 2.90. The zero-order valence-electron chi connectivity index (χ0n) is 16.9. The monoisotopic (exact) mass is 465 g/mol. The van der Waals surface area contributed by atoms with Crippen LogP contribution in [0.4, 0.5) is 0 Å². The number of carbonyl (C=O) groups is 2. The third-order valence-corrected chi connectivity index (χ3v) is 7.05. The average Bonchev–Trinajstić information content (AvgIpc) is 3.13. The standard InChI is InChI=1S/C24H24BrN3O2/c1-2-3-12-27-14-21(29)28-20(24(27)30)13-17-15-8-5-7-11-19(15)26-22(17)23(28)16-9-4-6-10-18(16)25/h4-11,20,23,26H,2-3,12-14H2,1H3/t20-,23-/m0/s1. The number of nitrogens with zero attached hydrogens (tertiary/aromatic N) is 2. The van der Waals surface area contributed by atoms with Gasteiger partial charge in [-0.15, -0.1) is 0 Å². The molecule has 2 amide bonds. The molecule has 6 heteroatoms. The fraction of sp³-hybridized carbons (Fsp3) is 0.333. The third-order valence-electron chi connectivity index (χ3n) is 6.32. The first kappa shape index (κ1) is 19.4. The summed E-state index contributed by atoms with van der Waals surface area (Å²) in [5.41, 5.74) is 4.20. The average molecular weight is 466 g/mol. The van der Waals surface area contributed by atoms with Crippen molar-refractivity contribution < 1.29 is 9.59 Å². The van der Waals surface area contributed by atoms with E-state index in [-0.39, 0.29) is 24.4 Å². The van der Waals surface area contributed by atoms with Crippen molar-refractivity contribution in [2.45, 2.75) is 38.3 Å². The number of nitrogens with one attached hydrogen (secondary N) is 1. The smallest absolute Gasteiger partial charge is 0.246 e. The van der Waals surface area contributed by atoms with Gasteiger partial charge in [0.05, 0.1) is 12.6 Å². The van der Waals surface area contributed by atoms with Crippen molar-refractivity contribution in [3.8, 4) is 0 Å². The van der Waals surface area contributed by atoms with Crippen LogP contribution in [0, 0.1) is 0 Å². The summed E-state index contributed by atoms with van der Waals surface area (Å²) < 4.78 is 0.939. The number of aromatic nitrogens is 1. The van der Waals surface area contributed by atoms with Crippen LogP contribution in [0.3, 0.4) is 0 Å². The number of H-pyrrole nitrogens is 1. The number of para-hydroxylation sites is 1. The molecule has 0 spiro atoms.